The average Bonchev–Trinajstić information content (AvgIpc) is 2.15. The number of rotatable bonds is 5. The summed E-state index contributed by atoms with van der Waals surface area (Å²) in [7, 11) is 2.86. The zero-order valence-corrected chi connectivity index (χ0v) is 12.3. The van der Waals surface area contributed by atoms with Crippen molar-refractivity contribution in [1.82, 2.24) is 0 Å². The van der Waals surface area contributed by atoms with Gasteiger partial charge in [-0.25, -0.2) is 4.79 Å². The van der Waals surface area contributed by atoms with Crippen molar-refractivity contribution in [3.05, 3.63) is 12.2 Å². The van der Waals surface area contributed by atoms with Gasteiger partial charge in [0.1, 0.15) is 13.2 Å². The van der Waals surface area contributed by atoms with E-state index in [1.807, 2.05) is 0 Å². The normalized spacial score (nSPS) is 11.2. The van der Waals surface area contributed by atoms with Gasteiger partial charge in [-0.3, -0.25) is 8.74 Å². The van der Waals surface area contributed by atoms with Crippen molar-refractivity contribution in [2.24, 2.45) is 0 Å². The van der Waals surface area contributed by atoms with Crippen LogP contribution < -0.4 is 0 Å². The fourth-order valence-electron chi connectivity index (χ4n) is 0.535. The molecule has 0 fully saturated rings. The maximum absolute atomic E-state index is 10.9. The number of carbonyl (C=O) groups excluding carboxylic acids is 1. The molecule has 0 radical (unpaired) electrons. The molecule has 0 aliphatic rings. The van der Waals surface area contributed by atoms with Gasteiger partial charge in [0.15, 0.2) is 0 Å². The Kier molecular flexibility index (Phi) is 8.83. The Balaban J connectivity index is 0. The van der Waals surface area contributed by atoms with Gasteiger partial charge in [0.05, 0.1) is 28.3 Å². The van der Waals surface area contributed by atoms with E-state index in [0.29, 0.717) is 12.2 Å². The van der Waals surface area contributed by atoms with Gasteiger partial charge in [-0.2, -0.15) is 8.42 Å². The monoisotopic (exact) mass is 284 g/mol. The van der Waals surface area contributed by atoms with E-state index in [1.165, 1.54) is 0 Å². The summed E-state index contributed by atoms with van der Waals surface area (Å²) in [5, 5.41) is 0. The fourth-order valence-corrected chi connectivity index (χ4v) is 0.535. The summed E-state index contributed by atoms with van der Waals surface area (Å²) in [6.07, 6.45) is 0. The van der Waals surface area contributed by atoms with Gasteiger partial charge < -0.3 is 9.22 Å². The van der Waals surface area contributed by atoms with Gasteiger partial charge in [0.25, 0.3) is 0 Å². The minimum atomic E-state index is -4.16. The molecule has 7 nitrogen and oxygen atoms in total. The number of hydrogen-bond donors (Lipinski definition) is 1. The summed E-state index contributed by atoms with van der Waals surface area (Å²) in [6.45, 7) is 6.41. The molecule has 0 aliphatic heterocycles. The highest BCUT2D eigenvalue weighted by atomic mass is 32.3. The molecule has 1 N–H and O–H groups in total. The third-order valence-corrected chi connectivity index (χ3v) is 1.98. The molecule has 0 aromatic rings. The van der Waals surface area contributed by atoms with Crippen molar-refractivity contribution in [3.63, 3.8) is 0 Å². The summed E-state index contributed by atoms with van der Waals surface area (Å²) in [5.41, 5.74) is 0.455. The first-order valence-corrected chi connectivity index (χ1v) is 6.41. The van der Waals surface area contributed by atoms with Gasteiger partial charge >= 0.3 is 16.4 Å². The van der Waals surface area contributed by atoms with Crippen molar-refractivity contribution >= 4 is 16.4 Å². The highest BCUT2D eigenvalue weighted by molar-refractivity contribution is 7.80. The van der Waals surface area contributed by atoms with Crippen LogP contribution in [-0.2, 0) is 24.1 Å². The van der Waals surface area contributed by atoms with E-state index >= 15 is 0 Å². The predicted octanol–water partition coefficient (Wildman–Crippen LogP) is 0.248. The summed E-state index contributed by atoms with van der Waals surface area (Å²) < 4.78 is 35.4. The van der Waals surface area contributed by atoms with E-state index in [0.717, 1.165) is 18.1 Å². The second kappa shape index (κ2) is 8.20. The van der Waals surface area contributed by atoms with Crippen LogP contribution in [0.25, 0.3) is 0 Å². The van der Waals surface area contributed by atoms with E-state index in [1.54, 1.807) is 6.92 Å². The molecule has 0 heterocycles. The van der Waals surface area contributed by atoms with E-state index < -0.39 is 10.4 Å². The number of likely N-dealkylation sites (N-methyl/N-ethyl adjacent to an activating group) is 1. The molecular formula is C10H22NO6S+. The van der Waals surface area contributed by atoms with E-state index in [2.05, 4.69) is 31.9 Å². The molecule has 108 valence electrons. The quantitative estimate of drug-likeness (QED) is 0.337. The fraction of sp³-hybridized carbons (Fsp3) is 0.700. The summed E-state index contributed by atoms with van der Waals surface area (Å²) >= 11 is 0. The SMILES string of the molecule is C=C(C)C(=O)OCC[N+](C)(C)C.COS(=O)(=O)O. The number of nitrogens with zero attached hydrogens (tertiary/aromatic N) is 1. The first-order valence-electron chi connectivity index (χ1n) is 5.05. The van der Waals surface area contributed by atoms with E-state index in [4.69, 9.17) is 9.29 Å². The largest absolute Gasteiger partial charge is 0.456 e. The maximum Gasteiger partial charge on any atom is 0.397 e. The van der Waals surface area contributed by atoms with Crippen LogP contribution in [0.1, 0.15) is 6.92 Å². The van der Waals surface area contributed by atoms with Crippen molar-refractivity contribution in [2.75, 3.05) is 41.4 Å². The van der Waals surface area contributed by atoms with Crippen LogP contribution in [0.4, 0.5) is 0 Å². The summed E-state index contributed by atoms with van der Waals surface area (Å²) in [6, 6.07) is 0. The average molecular weight is 284 g/mol. The number of hydrogen-bond acceptors (Lipinski definition) is 5. The maximum atomic E-state index is 10.9. The lowest BCUT2D eigenvalue weighted by Gasteiger charge is -2.23. The summed E-state index contributed by atoms with van der Waals surface area (Å²) in [5.74, 6) is -0.302. The second-order valence-corrected chi connectivity index (χ2v) is 5.71. The van der Waals surface area contributed by atoms with Crippen LogP contribution >= 0.6 is 0 Å². The zero-order chi connectivity index (χ0) is 15.0. The van der Waals surface area contributed by atoms with Crippen LogP contribution in [0, 0.1) is 0 Å². The molecule has 0 saturated carbocycles. The number of esters is 1. The number of carbonyl (C=O) groups is 1. The van der Waals surface area contributed by atoms with Crippen LogP contribution in [0.3, 0.4) is 0 Å². The Morgan fingerprint density at radius 3 is 1.94 bits per heavy atom. The highest BCUT2D eigenvalue weighted by Gasteiger charge is 2.09. The smallest absolute Gasteiger partial charge is 0.397 e. The van der Waals surface area contributed by atoms with E-state index in [9.17, 15) is 13.2 Å². The lowest BCUT2D eigenvalue weighted by atomic mass is 10.4. The van der Waals surface area contributed by atoms with Gasteiger partial charge in [-0.05, 0) is 6.92 Å². The number of ether oxygens (including phenoxy) is 1. The van der Waals surface area contributed by atoms with Crippen LogP contribution in [0.5, 0.6) is 0 Å². The zero-order valence-electron chi connectivity index (χ0n) is 11.5. The molecule has 0 aliphatic carbocycles. The van der Waals surface area contributed by atoms with Crippen molar-refractivity contribution in [2.45, 2.75) is 6.92 Å². The third kappa shape index (κ3) is 17.4. The first-order chi connectivity index (χ1) is 7.89. The molecule has 18 heavy (non-hydrogen) atoms. The van der Waals surface area contributed by atoms with Crippen molar-refractivity contribution in [1.29, 1.82) is 0 Å². The molecular weight excluding hydrogens is 262 g/mol. The van der Waals surface area contributed by atoms with Gasteiger partial charge in [-0.1, -0.05) is 6.58 Å². The topological polar surface area (TPSA) is 89.9 Å². The lowest BCUT2D eigenvalue weighted by Crippen LogP contribution is -2.38. The summed E-state index contributed by atoms with van der Waals surface area (Å²) in [4.78, 5) is 10.9. The molecule has 0 aromatic heterocycles. The van der Waals surface area contributed by atoms with Gasteiger partial charge in [0, 0.05) is 5.57 Å². The second-order valence-electron chi connectivity index (χ2n) is 4.52. The predicted molar refractivity (Wildman–Crippen MR) is 67.2 cm³/mol. The Morgan fingerprint density at radius 1 is 1.33 bits per heavy atom. The Bertz CT molecular complexity index is 368. The van der Waals surface area contributed by atoms with Crippen molar-refractivity contribution in [3.8, 4) is 0 Å². The molecule has 0 saturated heterocycles. The standard InChI is InChI=1S/C9H18NO2.CH4O4S/c1-8(2)9(11)12-7-6-10(3,4)5;1-5-6(2,3)4/h1,6-7H2,2-5H3;1H3,(H,2,3,4)/q+1;. The molecule has 8 heteroatoms. The minimum Gasteiger partial charge on any atom is -0.456 e. The van der Waals surface area contributed by atoms with Crippen LogP contribution in [-0.4, -0.2) is 64.8 Å². The molecule has 0 spiro atoms. The van der Waals surface area contributed by atoms with Gasteiger partial charge in [0.2, 0.25) is 0 Å². The van der Waals surface area contributed by atoms with Gasteiger partial charge in [-0.15, -0.1) is 0 Å². The molecule has 0 aromatic carbocycles. The Hall–Kier alpha value is -0.960. The number of quaternary nitrogens is 1. The Morgan fingerprint density at radius 2 is 1.72 bits per heavy atom. The first kappa shape index (κ1) is 19.4. The molecule has 0 atom stereocenters. The molecule has 0 bridgehead atoms. The highest BCUT2D eigenvalue weighted by Crippen LogP contribution is 1.94. The lowest BCUT2D eigenvalue weighted by molar-refractivity contribution is -0.870. The minimum absolute atomic E-state index is 0.302. The van der Waals surface area contributed by atoms with Crippen molar-refractivity contribution < 1.29 is 31.2 Å². The van der Waals surface area contributed by atoms with Crippen LogP contribution in [0.2, 0.25) is 0 Å². The van der Waals surface area contributed by atoms with E-state index in [-0.39, 0.29) is 5.97 Å². The molecule has 0 unspecified atom stereocenters. The molecule has 0 amide bonds. The molecule has 0 rings (SSSR count). The van der Waals surface area contributed by atoms with Crippen LogP contribution in [0.15, 0.2) is 12.2 Å². The third-order valence-electron chi connectivity index (χ3n) is 1.55. The Labute approximate surface area is 109 Å².